The minimum Gasteiger partial charge on any atom is -0.381 e. The summed E-state index contributed by atoms with van der Waals surface area (Å²) >= 11 is 0. The second kappa shape index (κ2) is 4.95. The lowest BCUT2D eigenvalue weighted by molar-refractivity contribution is 0.0351. The van der Waals surface area contributed by atoms with Gasteiger partial charge in [-0.25, -0.2) is 0 Å². The van der Waals surface area contributed by atoms with Crippen LogP contribution < -0.4 is 0 Å². The molecule has 0 aromatic carbocycles. The van der Waals surface area contributed by atoms with E-state index in [9.17, 15) is 0 Å². The molecule has 0 N–H and O–H groups in total. The molecule has 1 aliphatic carbocycles. The van der Waals surface area contributed by atoms with Gasteiger partial charge in [0.2, 0.25) is 0 Å². The molecule has 1 atom stereocenters. The van der Waals surface area contributed by atoms with Crippen LogP contribution in [0.5, 0.6) is 0 Å². The fraction of sp³-hybridized carbons (Fsp3) is 0.692. The molecular weight excluding hydrogens is 186 g/mol. The van der Waals surface area contributed by atoms with Crippen LogP contribution in [-0.2, 0) is 4.74 Å². The largest absolute Gasteiger partial charge is 0.381 e. The monoisotopic (exact) mass is 207 g/mol. The normalized spacial score (nSPS) is 28.2. The maximum absolute atomic E-state index is 5.40. The van der Waals surface area contributed by atoms with E-state index in [2.05, 4.69) is 37.1 Å². The first kappa shape index (κ1) is 10.9. The van der Waals surface area contributed by atoms with Gasteiger partial charge in [-0.1, -0.05) is 23.8 Å². The van der Waals surface area contributed by atoms with Gasteiger partial charge in [-0.2, -0.15) is 0 Å². The number of likely N-dealkylation sites (N-methyl/N-ethyl adjacent to an activating group) is 1. The highest BCUT2D eigenvalue weighted by Gasteiger charge is 2.23. The molecule has 1 unspecified atom stereocenters. The zero-order valence-electron chi connectivity index (χ0n) is 9.78. The number of rotatable bonds is 2. The predicted molar refractivity (Wildman–Crippen MR) is 62.9 cm³/mol. The highest BCUT2D eigenvalue weighted by Crippen LogP contribution is 2.21. The van der Waals surface area contributed by atoms with Gasteiger partial charge in [-0.15, -0.1) is 0 Å². The molecular formula is C13H21NO. The summed E-state index contributed by atoms with van der Waals surface area (Å²) in [4.78, 5) is 2.52. The minimum atomic E-state index is 0.594. The van der Waals surface area contributed by atoms with Crippen molar-refractivity contribution < 1.29 is 4.74 Å². The van der Waals surface area contributed by atoms with Gasteiger partial charge in [0.05, 0.1) is 0 Å². The quantitative estimate of drug-likeness (QED) is 0.689. The van der Waals surface area contributed by atoms with E-state index in [1.807, 2.05) is 0 Å². The van der Waals surface area contributed by atoms with Gasteiger partial charge in [0.15, 0.2) is 0 Å². The van der Waals surface area contributed by atoms with Crippen molar-refractivity contribution in [2.75, 3.05) is 20.3 Å². The third-order valence-electron chi connectivity index (χ3n) is 3.55. The van der Waals surface area contributed by atoms with E-state index in [0.29, 0.717) is 12.1 Å². The van der Waals surface area contributed by atoms with E-state index >= 15 is 0 Å². The number of hydrogen-bond acceptors (Lipinski definition) is 2. The van der Waals surface area contributed by atoms with Gasteiger partial charge in [0.25, 0.3) is 0 Å². The molecule has 1 aliphatic heterocycles. The first-order valence-corrected chi connectivity index (χ1v) is 5.92. The van der Waals surface area contributed by atoms with Crippen LogP contribution in [0.1, 0.15) is 26.2 Å². The van der Waals surface area contributed by atoms with Crippen molar-refractivity contribution in [3.8, 4) is 0 Å². The Kier molecular flexibility index (Phi) is 3.60. The lowest BCUT2D eigenvalue weighted by atomic mass is 9.99. The molecule has 15 heavy (non-hydrogen) atoms. The van der Waals surface area contributed by atoms with E-state index in [1.165, 1.54) is 18.4 Å². The maximum Gasteiger partial charge on any atom is 0.0480 e. The number of nitrogens with zero attached hydrogens (tertiary/aromatic N) is 1. The van der Waals surface area contributed by atoms with Crippen LogP contribution in [0.3, 0.4) is 0 Å². The van der Waals surface area contributed by atoms with Gasteiger partial charge < -0.3 is 4.74 Å². The van der Waals surface area contributed by atoms with E-state index in [0.717, 1.165) is 19.6 Å². The lowest BCUT2D eigenvalue weighted by Crippen LogP contribution is -2.42. The van der Waals surface area contributed by atoms with Gasteiger partial charge >= 0.3 is 0 Å². The predicted octanol–water partition coefficient (Wildman–Crippen LogP) is 2.37. The first-order valence-electron chi connectivity index (χ1n) is 5.92. The Bertz CT molecular complexity index is 264. The van der Waals surface area contributed by atoms with Crippen LogP contribution in [0.4, 0.5) is 0 Å². The topological polar surface area (TPSA) is 12.5 Å². The molecule has 0 aromatic heterocycles. The fourth-order valence-electron chi connectivity index (χ4n) is 2.38. The summed E-state index contributed by atoms with van der Waals surface area (Å²) < 4.78 is 5.40. The Morgan fingerprint density at radius 2 is 2.07 bits per heavy atom. The van der Waals surface area contributed by atoms with E-state index in [4.69, 9.17) is 4.74 Å². The Hall–Kier alpha value is -0.600. The first-order chi connectivity index (χ1) is 7.27. The Morgan fingerprint density at radius 1 is 1.33 bits per heavy atom. The minimum absolute atomic E-state index is 0.594. The molecule has 1 heterocycles. The highest BCUT2D eigenvalue weighted by atomic mass is 16.5. The molecule has 2 heteroatoms. The van der Waals surface area contributed by atoms with Gasteiger partial charge in [0.1, 0.15) is 0 Å². The number of hydrogen-bond donors (Lipinski definition) is 0. The van der Waals surface area contributed by atoms with Crippen molar-refractivity contribution in [3.05, 3.63) is 23.8 Å². The molecule has 2 aliphatic rings. The molecule has 2 nitrogen and oxygen atoms in total. The second-order valence-corrected chi connectivity index (χ2v) is 4.62. The Labute approximate surface area is 92.6 Å². The van der Waals surface area contributed by atoms with E-state index in [1.54, 1.807) is 0 Å². The Balaban J connectivity index is 1.90. The molecule has 84 valence electrons. The summed E-state index contributed by atoms with van der Waals surface area (Å²) in [6.07, 6.45) is 10.4. The summed E-state index contributed by atoms with van der Waals surface area (Å²) in [7, 11) is 2.25. The van der Waals surface area contributed by atoms with Crippen LogP contribution in [-0.4, -0.2) is 37.2 Å². The lowest BCUT2D eigenvalue weighted by Gasteiger charge is -2.36. The molecule has 0 spiro atoms. The van der Waals surface area contributed by atoms with Crippen LogP contribution in [0, 0.1) is 0 Å². The van der Waals surface area contributed by atoms with Gasteiger partial charge in [-0.3, -0.25) is 4.90 Å². The third-order valence-corrected chi connectivity index (χ3v) is 3.55. The van der Waals surface area contributed by atoms with Crippen molar-refractivity contribution in [1.82, 2.24) is 4.90 Å². The number of allylic oxidation sites excluding steroid dienone is 2. The summed E-state index contributed by atoms with van der Waals surface area (Å²) in [5.74, 6) is 0. The summed E-state index contributed by atoms with van der Waals surface area (Å²) in [5, 5.41) is 0. The second-order valence-electron chi connectivity index (χ2n) is 4.62. The molecule has 2 rings (SSSR count). The molecule has 0 amide bonds. The molecule has 0 saturated carbocycles. The molecule has 1 saturated heterocycles. The number of ether oxygens (including phenoxy) is 1. The molecule has 0 bridgehead atoms. The summed E-state index contributed by atoms with van der Waals surface area (Å²) in [6, 6.07) is 1.30. The van der Waals surface area contributed by atoms with Crippen LogP contribution in [0.15, 0.2) is 23.8 Å². The van der Waals surface area contributed by atoms with Gasteiger partial charge in [0, 0.05) is 25.3 Å². The SMILES string of the molecule is CC1=CCC(N(C)C2CCOCC2)C=C1. The van der Waals surface area contributed by atoms with E-state index < -0.39 is 0 Å². The maximum atomic E-state index is 5.40. The summed E-state index contributed by atoms with van der Waals surface area (Å²) in [6.45, 7) is 4.03. The van der Waals surface area contributed by atoms with Crippen LogP contribution in [0.25, 0.3) is 0 Å². The van der Waals surface area contributed by atoms with E-state index in [-0.39, 0.29) is 0 Å². The molecule has 0 aromatic rings. The van der Waals surface area contributed by atoms with Crippen molar-refractivity contribution in [3.63, 3.8) is 0 Å². The van der Waals surface area contributed by atoms with Crippen LogP contribution in [0.2, 0.25) is 0 Å². The average Bonchev–Trinajstić information content (AvgIpc) is 2.30. The Morgan fingerprint density at radius 3 is 2.67 bits per heavy atom. The zero-order valence-corrected chi connectivity index (χ0v) is 9.78. The highest BCUT2D eigenvalue weighted by molar-refractivity contribution is 5.23. The smallest absolute Gasteiger partial charge is 0.0480 e. The third kappa shape index (κ3) is 2.70. The van der Waals surface area contributed by atoms with Crippen molar-refractivity contribution >= 4 is 0 Å². The molecule has 1 fully saturated rings. The van der Waals surface area contributed by atoms with Crippen molar-refractivity contribution in [2.45, 2.75) is 38.3 Å². The van der Waals surface area contributed by atoms with Crippen molar-refractivity contribution in [2.24, 2.45) is 0 Å². The average molecular weight is 207 g/mol. The zero-order chi connectivity index (χ0) is 10.7. The van der Waals surface area contributed by atoms with Crippen LogP contribution >= 0.6 is 0 Å². The van der Waals surface area contributed by atoms with Crippen molar-refractivity contribution in [1.29, 1.82) is 0 Å². The van der Waals surface area contributed by atoms with Gasteiger partial charge in [-0.05, 0) is 33.2 Å². The molecule has 0 radical (unpaired) electrons. The standard InChI is InChI=1S/C13H21NO/c1-11-3-5-12(6-4-11)14(2)13-7-9-15-10-8-13/h3-5,12-13H,6-10H2,1-2H3. The summed E-state index contributed by atoms with van der Waals surface area (Å²) in [5.41, 5.74) is 1.40. The fourth-order valence-corrected chi connectivity index (χ4v) is 2.38.